The molecule has 3 aliphatic rings. The fraction of sp³-hybridized carbons (Fsp3) is 0.750. The van der Waals surface area contributed by atoms with Crippen molar-refractivity contribution < 1.29 is 24.0 Å². The molecule has 3 rings (SSSR count). The first-order chi connectivity index (χ1) is 17.9. The molecule has 1 aliphatic heterocycles. The molecule has 6 N–H and O–H groups in total. The minimum absolute atomic E-state index is 0.232. The van der Waals surface area contributed by atoms with Crippen LogP contribution in [0, 0.1) is 29.6 Å². The third-order valence-electron chi connectivity index (χ3n) is 8.16. The Kier molecular flexibility index (Phi) is 11.2. The molecule has 0 bridgehead atoms. The third-order valence-corrected chi connectivity index (χ3v) is 8.16. The van der Waals surface area contributed by atoms with Gasteiger partial charge in [-0.3, -0.25) is 19.2 Å². The third kappa shape index (κ3) is 7.95. The fourth-order valence-electron chi connectivity index (χ4n) is 5.85. The molecule has 2 saturated carbocycles. The molecule has 5 amide bonds. The molecule has 0 aromatic carbocycles. The number of hydrogen-bond acceptors (Lipinski definition) is 5. The molecule has 10 nitrogen and oxygen atoms in total. The molecular weight excluding hydrogens is 486 g/mol. The molecule has 212 valence electrons. The van der Waals surface area contributed by atoms with Crippen LogP contribution in [0.1, 0.15) is 91.4 Å². The van der Waals surface area contributed by atoms with Crippen LogP contribution in [0.15, 0.2) is 0 Å². The summed E-state index contributed by atoms with van der Waals surface area (Å²) in [7, 11) is 0. The molecule has 0 aromatic rings. The van der Waals surface area contributed by atoms with Crippen LogP contribution in [0.5, 0.6) is 0 Å². The first-order valence-electron chi connectivity index (χ1n) is 13.7. The average molecular weight is 532 g/mol. The number of primary amides is 2. The van der Waals surface area contributed by atoms with Crippen LogP contribution in [-0.2, 0) is 19.2 Å². The number of hydrogen-bond donors (Lipinski definition) is 4. The van der Waals surface area contributed by atoms with Crippen molar-refractivity contribution in [2.75, 3.05) is 6.54 Å². The van der Waals surface area contributed by atoms with Crippen LogP contribution in [0.25, 0.3) is 0 Å². The number of urea groups is 1. The number of nitrogens with one attached hydrogen (secondary N) is 2. The summed E-state index contributed by atoms with van der Waals surface area (Å²) < 4.78 is 0. The topological polar surface area (TPSA) is 165 Å². The molecule has 2 aliphatic carbocycles. The summed E-state index contributed by atoms with van der Waals surface area (Å²) in [5.74, 6) is 0.805. The molecule has 38 heavy (non-hydrogen) atoms. The number of Topliss-reactive ketones (excluding diaryl/α,β-unsaturated/α-hetero) is 1. The highest BCUT2D eigenvalue weighted by molar-refractivity contribution is 6.36. The Morgan fingerprint density at radius 3 is 2.16 bits per heavy atom. The van der Waals surface area contributed by atoms with E-state index in [1.54, 1.807) is 4.90 Å². The summed E-state index contributed by atoms with van der Waals surface area (Å²) >= 11 is 0. The lowest BCUT2D eigenvalue weighted by molar-refractivity contribution is -0.144. The maximum absolute atomic E-state index is 13.9. The number of terminal acetylenes is 1. The van der Waals surface area contributed by atoms with Crippen LogP contribution >= 0.6 is 0 Å². The van der Waals surface area contributed by atoms with Gasteiger partial charge in [-0.25, -0.2) is 4.79 Å². The summed E-state index contributed by atoms with van der Waals surface area (Å²) in [4.78, 5) is 61.8. The van der Waals surface area contributed by atoms with Crippen LogP contribution in [0.3, 0.4) is 0 Å². The van der Waals surface area contributed by atoms with Gasteiger partial charge >= 0.3 is 6.03 Å². The van der Waals surface area contributed by atoms with Gasteiger partial charge in [0.2, 0.25) is 18.1 Å². The molecule has 0 aromatic heterocycles. The van der Waals surface area contributed by atoms with E-state index < -0.39 is 40.6 Å². The molecule has 0 radical (unpaired) electrons. The second kappa shape index (κ2) is 13.6. The van der Waals surface area contributed by atoms with Crippen molar-refractivity contribution in [3.8, 4) is 12.3 Å². The van der Waals surface area contributed by atoms with E-state index in [1.807, 2.05) is 20.8 Å². The second-order valence-corrected chi connectivity index (χ2v) is 11.9. The predicted molar refractivity (Wildman–Crippen MR) is 144 cm³/mol. The lowest BCUT2D eigenvalue weighted by atomic mass is 9.75. The Bertz CT molecular complexity index is 912. The lowest BCUT2D eigenvalue weighted by Crippen LogP contribution is -2.61. The first kappa shape index (κ1) is 31.1. The van der Waals surface area contributed by atoms with Gasteiger partial charge in [-0.15, -0.1) is 6.42 Å². The van der Waals surface area contributed by atoms with Crippen molar-refractivity contribution >= 4 is 30.0 Å². The molecular formula is C28H45N5O5. The number of rotatable bonds is 8. The zero-order chi connectivity index (χ0) is 28.5. The summed E-state index contributed by atoms with van der Waals surface area (Å²) in [6.07, 6.45) is 15.6. The lowest BCUT2D eigenvalue weighted by Gasteiger charge is -2.40. The van der Waals surface area contributed by atoms with Gasteiger partial charge in [-0.1, -0.05) is 65.2 Å². The zero-order valence-corrected chi connectivity index (χ0v) is 23.1. The van der Waals surface area contributed by atoms with Gasteiger partial charge in [0.15, 0.2) is 0 Å². The number of nitrogens with two attached hydrogens (primary N) is 2. The highest BCUT2D eigenvalue weighted by atomic mass is 16.2. The fourth-order valence-corrected chi connectivity index (χ4v) is 5.85. The van der Waals surface area contributed by atoms with Crippen molar-refractivity contribution in [2.45, 2.75) is 109 Å². The van der Waals surface area contributed by atoms with Crippen LogP contribution in [0.2, 0.25) is 0 Å². The van der Waals surface area contributed by atoms with E-state index in [9.17, 15) is 19.2 Å². The molecule has 3 unspecified atom stereocenters. The van der Waals surface area contributed by atoms with Gasteiger partial charge in [0.25, 0.3) is 5.91 Å². The maximum atomic E-state index is 13.9. The summed E-state index contributed by atoms with van der Waals surface area (Å²) in [5, 5.41) is 5.87. The minimum atomic E-state index is -0.939. The van der Waals surface area contributed by atoms with Crippen molar-refractivity contribution in [2.24, 2.45) is 28.7 Å². The van der Waals surface area contributed by atoms with Gasteiger partial charge < -0.3 is 27.0 Å². The Morgan fingerprint density at radius 2 is 1.68 bits per heavy atom. The normalized spacial score (nSPS) is 22.4. The molecule has 3 fully saturated rings. The highest BCUT2D eigenvalue weighted by Crippen LogP contribution is 2.38. The molecule has 10 heteroatoms. The van der Waals surface area contributed by atoms with E-state index in [0.29, 0.717) is 25.3 Å². The van der Waals surface area contributed by atoms with Crippen LogP contribution < -0.4 is 22.1 Å². The monoisotopic (exact) mass is 531 g/mol. The van der Waals surface area contributed by atoms with Gasteiger partial charge in [-0.2, -0.15) is 0 Å². The first-order valence-corrected chi connectivity index (χ1v) is 13.7. The quantitative estimate of drug-likeness (QED) is 0.213. The van der Waals surface area contributed by atoms with E-state index in [-0.39, 0.29) is 18.4 Å². The number of carbonyl (C=O) groups excluding carboxylic acids is 5. The maximum Gasteiger partial charge on any atom is 0.316 e. The van der Waals surface area contributed by atoms with Crippen molar-refractivity contribution in [1.29, 1.82) is 0 Å². The Hall–Kier alpha value is -3.09. The van der Waals surface area contributed by atoms with Gasteiger partial charge in [0.05, 0.1) is 0 Å². The van der Waals surface area contributed by atoms with Gasteiger partial charge in [0.1, 0.15) is 11.6 Å². The Morgan fingerprint density at radius 1 is 1.08 bits per heavy atom. The van der Waals surface area contributed by atoms with Crippen molar-refractivity contribution in [3.05, 3.63) is 0 Å². The molecule has 1 saturated heterocycles. The predicted octanol–water partition coefficient (Wildman–Crippen LogP) is 1.99. The highest BCUT2D eigenvalue weighted by Gasteiger charge is 2.45. The van der Waals surface area contributed by atoms with Crippen molar-refractivity contribution in [3.63, 3.8) is 0 Å². The van der Waals surface area contributed by atoms with Crippen LogP contribution in [-0.4, -0.2) is 59.1 Å². The SMILES string of the molecule is C#CC1(NC(=O)NC(C(=O)N2CCCC2C(CC2CCC2)C(=O)C(N)=O)C(C)(C)C)CCCCC1.NC=O. The number of amides is 5. The minimum Gasteiger partial charge on any atom is -0.372 e. The molecule has 1 heterocycles. The number of carbonyl (C=O) groups is 5. The van der Waals surface area contributed by atoms with E-state index in [2.05, 4.69) is 22.3 Å². The largest absolute Gasteiger partial charge is 0.372 e. The number of likely N-dealkylation sites (tertiary alicyclic amines) is 1. The van der Waals surface area contributed by atoms with Crippen LogP contribution in [0.4, 0.5) is 4.79 Å². The smallest absolute Gasteiger partial charge is 0.316 e. The number of nitrogens with zero attached hydrogens (tertiary/aromatic N) is 1. The summed E-state index contributed by atoms with van der Waals surface area (Å²) in [6, 6.07) is -1.64. The Labute approximate surface area is 226 Å². The van der Waals surface area contributed by atoms with E-state index in [4.69, 9.17) is 17.0 Å². The van der Waals surface area contributed by atoms with E-state index >= 15 is 0 Å². The summed E-state index contributed by atoms with van der Waals surface area (Å²) in [6.45, 7) is 6.19. The number of ketones is 1. The molecule has 0 spiro atoms. The standard InChI is InChI=1S/C27H42N4O4.CH3NO/c1-5-27(14-7-6-8-15-27)30-25(35)29-22(26(2,3)4)24(34)31-16-10-13-20(31)19(21(32)23(28)33)17-18-11-9-12-18;2-1-3/h1,18-20,22H,6-17H2,2-4H3,(H2,28,33)(H2,29,30,35);1H,(H2,2,3). The second-order valence-electron chi connectivity index (χ2n) is 11.9. The van der Waals surface area contributed by atoms with Crippen molar-refractivity contribution in [1.82, 2.24) is 15.5 Å². The Balaban J connectivity index is 0.00000161. The van der Waals surface area contributed by atoms with E-state index in [0.717, 1.165) is 57.8 Å². The van der Waals surface area contributed by atoms with Gasteiger partial charge in [-0.05, 0) is 43.4 Å². The van der Waals surface area contributed by atoms with Gasteiger partial charge in [0, 0.05) is 18.5 Å². The molecule has 3 atom stereocenters. The summed E-state index contributed by atoms with van der Waals surface area (Å²) in [5.41, 5.74) is 8.30. The van der Waals surface area contributed by atoms with E-state index in [1.165, 1.54) is 0 Å². The average Bonchev–Trinajstić information content (AvgIpc) is 3.31. The zero-order valence-electron chi connectivity index (χ0n) is 23.1.